The van der Waals surface area contributed by atoms with Crippen LogP contribution in [-0.2, 0) is 9.59 Å². The van der Waals surface area contributed by atoms with E-state index in [-0.39, 0.29) is 11.7 Å². The average molecular weight is 439 g/mol. The molecule has 2 amide bonds. The minimum Gasteiger partial charge on any atom is -0.351 e. The van der Waals surface area contributed by atoms with Gasteiger partial charge in [-0.3, -0.25) is 14.5 Å². The molecule has 1 fully saturated rings. The maximum atomic E-state index is 13.5. The molecule has 4 nitrogen and oxygen atoms in total. The van der Waals surface area contributed by atoms with E-state index in [0.29, 0.717) is 9.78 Å². The summed E-state index contributed by atoms with van der Waals surface area (Å²) in [6, 6.07) is 8.03. The van der Waals surface area contributed by atoms with E-state index in [4.69, 9.17) is 0 Å². The van der Waals surface area contributed by atoms with Crippen molar-refractivity contribution in [1.29, 1.82) is 0 Å². The van der Waals surface area contributed by atoms with Crippen molar-refractivity contribution in [3.8, 4) is 0 Å². The van der Waals surface area contributed by atoms with E-state index >= 15 is 0 Å². The molecule has 1 aliphatic carbocycles. The number of benzene rings is 1. The van der Waals surface area contributed by atoms with E-state index in [1.165, 1.54) is 23.5 Å². The Morgan fingerprint density at radius 2 is 1.67 bits per heavy atom. The van der Waals surface area contributed by atoms with Crippen molar-refractivity contribution in [2.75, 3.05) is 4.90 Å². The van der Waals surface area contributed by atoms with Gasteiger partial charge < -0.3 is 5.32 Å². The number of nitrogens with one attached hydrogen (secondary N) is 1. The molecule has 1 aliphatic rings. The Bertz CT molecular complexity index is 887. The van der Waals surface area contributed by atoms with E-state index < -0.39 is 24.0 Å². The summed E-state index contributed by atoms with van der Waals surface area (Å²) < 4.78 is 40.6. The maximum absolute atomic E-state index is 13.5. The van der Waals surface area contributed by atoms with Crippen LogP contribution in [0.2, 0.25) is 0 Å². The van der Waals surface area contributed by atoms with Crippen molar-refractivity contribution in [3.63, 3.8) is 0 Å². The van der Waals surface area contributed by atoms with Crippen LogP contribution < -0.4 is 10.2 Å². The van der Waals surface area contributed by atoms with Crippen LogP contribution in [0.1, 0.15) is 53.5 Å². The highest BCUT2D eigenvalue weighted by molar-refractivity contribution is 7.12. The molecule has 1 atom stereocenters. The molecule has 1 N–H and O–H groups in total. The van der Waals surface area contributed by atoms with E-state index in [2.05, 4.69) is 5.32 Å². The molecule has 8 heteroatoms. The number of anilines is 1. The summed E-state index contributed by atoms with van der Waals surface area (Å²) in [7, 11) is 0. The first-order valence-corrected chi connectivity index (χ1v) is 10.8. The van der Waals surface area contributed by atoms with Crippen LogP contribution in [0.15, 0.2) is 36.4 Å². The summed E-state index contributed by atoms with van der Waals surface area (Å²) in [6.07, 6.45) is -0.504. The van der Waals surface area contributed by atoms with Crippen molar-refractivity contribution in [2.24, 2.45) is 0 Å². The van der Waals surface area contributed by atoms with Crippen molar-refractivity contribution < 1.29 is 22.8 Å². The van der Waals surface area contributed by atoms with Crippen LogP contribution >= 0.6 is 11.3 Å². The molecule has 0 spiro atoms. The number of nitrogens with zero attached hydrogens (tertiary/aromatic N) is 1. The van der Waals surface area contributed by atoms with Crippen LogP contribution in [0.5, 0.6) is 0 Å². The van der Waals surface area contributed by atoms with Crippen LogP contribution in [0.4, 0.5) is 18.9 Å². The zero-order valence-corrected chi connectivity index (χ0v) is 17.8. The first kappa shape index (κ1) is 22.3. The smallest absolute Gasteiger partial charge is 0.351 e. The largest absolute Gasteiger partial charge is 0.471 e. The molecule has 30 heavy (non-hydrogen) atoms. The topological polar surface area (TPSA) is 49.4 Å². The second kappa shape index (κ2) is 9.20. The molecule has 3 rings (SSSR count). The summed E-state index contributed by atoms with van der Waals surface area (Å²) in [5.74, 6) is -2.64. The second-order valence-corrected chi connectivity index (χ2v) is 9.02. The number of carbonyl (C=O) groups is 2. The second-order valence-electron chi connectivity index (χ2n) is 7.70. The molecule has 0 saturated heterocycles. The lowest BCUT2D eigenvalue weighted by molar-refractivity contribution is -0.171. The van der Waals surface area contributed by atoms with Gasteiger partial charge in [0, 0.05) is 21.5 Å². The minimum atomic E-state index is -5.11. The van der Waals surface area contributed by atoms with Gasteiger partial charge >= 0.3 is 12.1 Å². The quantitative estimate of drug-likeness (QED) is 0.675. The fraction of sp³-hybridized carbons (Fsp3) is 0.455. The SMILES string of the molecule is Cc1ccc(N(C(=O)C(F)(F)F)[C@@H](C(=O)NC2CCCCC2)c2ccc(C)s2)cc1. The zero-order chi connectivity index (χ0) is 21.9. The Kier molecular flexibility index (Phi) is 6.85. The lowest BCUT2D eigenvalue weighted by Gasteiger charge is -2.33. The normalized spacial score (nSPS) is 16.2. The molecule has 0 radical (unpaired) electrons. The highest BCUT2D eigenvalue weighted by Gasteiger charge is 2.48. The fourth-order valence-electron chi connectivity index (χ4n) is 3.73. The first-order chi connectivity index (χ1) is 14.2. The zero-order valence-electron chi connectivity index (χ0n) is 17.0. The molecule has 2 aromatic rings. The van der Waals surface area contributed by atoms with Gasteiger partial charge in [0.25, 0.3) is 0 Å². The molecule has 1 heterocycles. The number of aryl methyl sites for hydroxylation is 2. The molecular formula is C22H25F3N2O2S. The van der Waals surface area contributed by atoms with Crippen LogP contribution in [0.25, 0.3) is 0 Å². The highest BCUT2D eigenvalue weighted by Crippen LogP contribution is 2.36. The van der Waals surface area contributed by atoms with Crippen molar-refractivity contribution >= 4 is 28.8 Å². The Balaban J connectivity index is 2.04. The van der Waals surface area contributed by atoms with Gasteiger partial charge in [-0.1, -0.05) is 37.0 Å². The lowest BCUT2D eigenvalue weighted by atomic mass is 9.95. The minimum absolute atomic E-state index is 0.0396. The molecule has 1 aromatic heterocycles. The van der Waals surface area contributed by atoms with E-state index in [0.717, 1.165) is 42.5 Å². The predicted molar refractivity (Wildman–Crippen MR) is 112 cm³/mol. The number of hydrogen-bond donors (Lipinski definition) is 1. The third kappa shape index (κ3) is 5.22. The monoisotopic (exact) mass is 438 g/mol. The predicted octanol–water partition coefficient (Wildman–Crippen LogP) is 5.45. The Morgan fingerprint density at radius 3 is 2.20 bits per heavy atom. The standard InChI is InChI=1S/C22H25F3N2O2S/c1-14-8-11-17(12-9-14)27(21(29)22(23,24)25)19(18-13-10-15(2)30-18)20(28)26-16-6-4-3-5-7-16/h8-13,16,19H,3-7H2,1-2H3,(H,26,28)/t19-/m1/s1. The number of halogens is 3. The third-order valence-corrected chi connectivity index (χ3v) is 6.32. The average Bonchev–Trinajstić information content (AvgIpc) is 3.12. The molecule has 1 saturated carbocycles. The van der Waals surface area contributed by atoms with E-state index in [1.54, 1.807) is 31.2 Å². The lowest BCUT2D eigenvalue weighted by Crippen LogP contribution is -2.50. The number of hydrogen-bond acceptors (Lipinski definition) is 3. The van der Waals surface area contributed by atoms with Crippen molar-refractivity contribution in [2.45, 2.75) is 64.2 Å². The first-order valence-electron chi connectivity index (χ1n) is 10.0. The van der Waals surface area contributed by atoms with Gasteiger partial charge in [-0.15, -0.1) is 11.3 Å². The summed E-state index contributed by atoms with van der Waals surface area (Å²) in [4.78, 5) is 27.6. The summed E-state index contributed by atoms with van der Waals surface area (Å²) in [5.41, 5.74) is 0.881. The van der Waals surface area contributed by atoms with Crippen molar-refractivity contribution in [1.82, 2.24) is 5.32 Å². The number of amides is 2. The van der Waals surface area contributed by atoms with Gasteiger partial charge in [0.15, 0.2) is 6.04 Å². The van der Waals surface area contributed by atoms with Gasteiger partial charge in [-0.2, -0.15) is 13.2 Å². The van der Waals surface area contributed by atoms with Gasteiger partial charge in [0.2, 0.25) is 5.91 Å². The van der Waals surface area contributed by atoms with Gasteiger partial charge in [0.1, 0.15) is 0 Å². The molecule has 0 unspecified atom stereocenters. The van der Waals surface area contributed by atoms with Crippen LogP contribution in [0, 0.1) is 13.8 Å². The fourth-order valence-corrected chi connectivity index (χ4v) is 4.69. The van der Waals surface area contributed by atoms with Crippen LogP contribution in [-0.4, -0.2) is 24.0 Å². The molecule has 1 aromatic carbocycles. The Hall–Kier alpha value is -2.35. The highest BCUT2D eigenvalue weighted by atomic mass is 32.1. The Morgan fingerprint density at radius 1 is 1.03 bits per heavy atom. The number of carbonyl (C=O) groups excluding carboxylic acids is 2. The molecular weight excluding hydrogens is 413 g/mol. The van der Waals surface area contributed by atoms with Gasteiger partial charge in [0.05, 0.1) is 0 Å². The van der Waals surface area contributed by atoms with Crippen molar-refractivity contribution in [3.05, 3.63) is 51.7 Å². The summed E-state index contributed by atoms with van der Waals surface area (Å²) in [6.45, 7) is 3.61. The van der Waals surface area contributed by atoms with Gasteiger partial charge in [-0.25, -0.2) is 0 Å². The number of alkyl halides is 3. The molecule has 0 aliphatic heterocycles. The maximum Gasteiger partial charge on any atom is 0.471 e. The Labute approximate surface area is 178 Å². The van der Waals surface area contributed by atoms with Crippen LogP contribution in [0.3, 0.4) is 0 Å². The molecule has 162 valence electrons. The third-order valence-electron chi connectivity index (χ3n) is 5.26. The van der Waals surface area contributed by atoms with E-state index in [9.17, 15) is 22.8 Å². The summed E-state index contributed by atoms with van der Waals surface area (Å²) >= 11 is 1.22. The number of thiophene rings is 1. The number of rotatable bonds is 5. The van der Waals surface area contributed by atoms with Gasteiger partial charge in [-0.05, 0) is 51.0 Å². The molecule has 0 bridgehead atoms. The summed E-state index contributed by atoms with van der Waals surface area (Å²) in [5, 5.41) is 2.90. The van der Waals surface area contributed by atoms with E-state index in [1.807, 2.05) is 6.92 Å².